The van der Waals surface area contributed by atoms with E-state index in [1.807, 2.05) is 0 Å². The molecule has 0 atom stereocenters. The van der Waals surface area contributed by atoms with Gasteiger partial charge in [-0.3, -0.25) is 4.90 Å². The van der Waals surface area contributed by atoms with Gasteiger partial charge >= 0.3 is 0 Å². The molecule has 0 aromatic heterocycles. The fourth-order valence-electron chi connectivity index (χ4n) is 3.04. The van der Waals surface area contributed by atoms with Crippen LogP contribution >= 0.6 is 0 Å². The monoisotopic (exact) mass is 280 g/mol. The summed E-state index contributed by atoms with van der Waals surface area (Å²) in [4.78, 5) is 2.55. The summed E-state index contributed by atoms with van der Waals surface area (Å²) in [5.41, 5.74) is 5.74. The first kappa shape index (κ1) is 14.3. The van der Waals surface area contributed by atoms with Crippen molar-refractivity contribution in [2.45, 2.75) is 26.4 Å². The predicted octanol–water partition coefficient (Wildman–Crippen LogP) is 3.14. The highest BCUT2D eigenvalue weighted by Gasteiger charge is 2.14. The lowest BCUT2D eigenvalue weighted by Gasteiger charge is -2.28. The molecule has 2 aromatic carbocycles. The predicted molar refractivity (Wildman–Crippen MR) is 88.3 cm³/mol. The molecule has 21 heavy (non-hydrogen) atoms. The number of nitrogens with one attached hydrogen (secondary N) is 1. The summed E-state index contributed by atoms with van der Waals surface area (Å²) in [6.45, 7) is 7.57. The van der Waals surface area contributed by atoms with E-state index in [1.165, 1.54) is 35.2 Å². The third-order valence-corrected chi connectivity index (χ3v) is 4.23. The number of nitrogens with zero attached hydrogens (tertiary/aromatic N) is 1. The van der Waals surface area contributed by atoms with Crippen molar-refractivity contribution in [3.8, 4) is 0 Å². The summed E-state index contributed by atoms with van der Waals surface area (Å²) in [5, 5.41) is 3.56. The van der Waals surface area contributed by atoms with Gasteiger partial charge in [0.05, 0.1) is 0 Å². The van der Waals surface area contributed by atoms with Crippen molar-refractivity contribution >= 4 is 0 Å². The standard InChI is InChI=1S/C19H24N2/c1-16-5-4-6-17(13-16)14-20-10-12-21-11-9-18-7-2-3-8-19(18)15-21/h2-8,13,20H,9-12,14-15H2,1H3. The highest BCUT2D eigenvalue weighted by atomic mass is 15.1. The van der Waals surface area contributed by atoms with Crippen LogP contribution in [-0.4, -0.2) is 24.5 Å². The first-order chi connectivity index (χ1) is 10.3. The minimum absolute atomic E-state index is 0.964. The fraction of sp³-hybridized carbons (Fsp3) is 0.368. The Morgan fingerprint density at radius 1 is 1.05 bits per heavy atom. The van der Waals surface area contributed by atoms with Crippen LogP contribution in [0.3, 0.4) is 0 Å². The van der Waals surface area contributed by atoms with Crippen molar-refractivity contribution in [2.24, 2.45) is 0 Å². The maximum Gasteiger partial charge on any atom is 0.0237 e. The van der Waals surface area contributed by atoms with Gasteiger partial charge in [0.2, 0.25) is 0 Å². The van der Waals surface area contributed by atoms with Crippen LogP contribution in [0, 0.1) is 6.92 Å². The van der Waals surface area contributed by atoms with Gasteiger partial charge in [0.1, 0.15) is 0 Å². The van der Waals surface area contributed by atoms with Crippen molar-refractivity contribution in [1.29, 1.82) is 0 Å². The molecular formula is C19H24N2. The van der Waals surface area contributed by atoms with E-state index >= 15 is 0 Å². The maximum absolute atomic E-state index is 3.56. The van der Waals surface area contributed by atoms with E-state index in [4.69, 9.17) is 0 Å². The van der Waals surface area contributed by atoms with Crippen molar-refractivity contribution in [3.63, 3.8) is 0 Å². The third kappa shape index (κ3) is 3.93. The van der Waals surface area contributed by atoms with Crippen LogP contribution in [0.5, 0.6) is 0 Å². The topological polar surface area (TPSA) is 15.3 Å². The van der Waals surface area contributed by atoms with Gasteiger partial charge in [0.25, 0.3) is 0 Å². The number of fused-ring (bicyclic) bond motifs is 1. The number of rotatable bonds is 5. The SMILES string of the molecule is Cc1cccc(CNCCN2CCc3ccccc3C2)c1. The van der Waals surface area contributed by atoms with Crippen LogP contribution < -0.4 is 5.32 Å². The Labute approximate surface area is 127 Å². The molecule has 0 radical (unpaired) electrons. The van der Waals surface area contributed by atoms with E-state index in [0.717, 1.165) is 26.2 Å². The van der Waals surface area contributed by atoms with Crippen LogP contribution in [0.25, 0.3) is 0 Å². The molecule has 1 aliphatic heterocycles. The van der Waals surface area contributed by atoms with E-state index in [0.29, 0.717) is 0 Å². The van der Waals surface area contributed by atoms with E-state index in [-0.39, 0.29) is 0 Å². The minimum atomic E-state index is 0.964. The van der Waals surface area contributed by atoms with E-state index in [2.05, 4.69) is 65.7 Å². The zero-order valence-corrected chi connectivity index (χ0v) is 12.8. The quantitative estimate of drug-likeness (QED) is 0.847. The van der Waals surface area contributed by atoms with Crippen molar-refractivity contribution < 1.29 is 0 Å². The molecule has 0 saturated carbocycles. The molecule has 0 saturated heterocycles. The Morgan fingerprint density at radius 3 is 2.76 bits per heavy atom. The van der Waals surface area contributed by atoms with E-state index in [9.17, 15) is 0 Å². The molecule has 2 nitrogen and oxygen atoms in total. The lowest BCUT2D eigenvalue weighted by atomic mass is 10.00. The molecule has 0 aliphatic carbocycles. The zero-order chi connectivity index (χ0) is 14.5. The van der Waals surface area contributed by atoms with Gasteiger partial charge in [-0.2, -0.15) is 0 Å². The van der Waals surface area contributed by atoms with Gasteiger partial charge in [-0.05, 0) is 30.0 Å². The Hall–Kier alpha value is -1.64. The molecule has 2 aromatic rings. The highest BCUT2D eigenvalue weighted by molar-refractivity contribution is 5.29. The van der Waals surface area contributed by atoms with Gasteiger partial charge in [-0.1, -0.05) is 54.1 Å². The van der Waals surface area contributed by atoms with Crippen molar-refractivity contribution in [1.82, 2.24) is 10.2 Å². The molecule has 1 aliphatic rings. The lowest BCUT2D eigenvalue weighted by Crippen LogP contribution is -2.35. The second-order valence-electron chi connectivity index (χ2n) is 5.96. The van der Waals surface area contributed by atoms with Gasteiger partial charge in [-0.15, -0.1) is 0 Å². The van der Waals surface area contributed by atoms with Gasteiger partial charge < -0.3 is 5.32 Å². The van der Waals surface area contributed by atoms with Crippen LogP contribution in [0.4, 0.5) is 0 Å². The summed E-state index contributed by atoms with van der Waals surface area (Å²) in [6.07, 6.45) is 1.19. The largest absolute Gasteiger partial charge is 0.311 e. The number of aryl methyl sites for hydroxylation is 1. The molecule has 110 valence electrons. The summed E-state index contributed by atoms with van der Waals surface area (Å²) in [7, 11) is 0. The normalized spacial score (nSPS) is 14.9. The van der Waals surface area contributed by atoms with Gasteiger partial charge in [-0.25, -0.2) is 0 Å². The minimum Gasteiger partial charge on any atom is -0.311 e. The summed E-state index contributed by atoms with van der Waals surface area (Å²) in [5.74, 6) is 0. The van der Waals surface area contributed by atoms with Gasteiger partial charge in [0, 0.05) is 32.7 Å². The molecule has 1 N–H and O–H groups in total. The van der Waals surface area contributed by atoms with E-state index in [1.54, 1.807) is 0 Å². The lowest BCUT2D eigenvalue weighted by molar-refractivity contribution is 0.254. The molecule has 0 bridgehead atoms. The highest BCUT2D eigenvalue weighted by Crippen LogP contribution is 2.17. The van der Waals surface area contributed by atoms with Crippen LogP contribution in [0.15, 0.2) is 48.5 Å². The molecular weight excluding hydrogens is 256 g/mol. The Balaban J connectivity index is 1.43. The number of benzene rings is 2. The first-order valence-electron chi connectivity index (χ1n) is 7.87. The molecule has 2 heteroatoms. The first-order valence-corrected chi connectivity index (χ1v) is 7.87. The molecule has 0 unspecified atom stereocenters. The van der Waals surface area contributed by atoms with Gasteiger partial charge in [0.15, 0.2) is 0 Å². The molecule has 0 fully saturated rings. The number of hydrogen-bond donors (Lipinski definition) is 1. The number of hydrogen-bond acceptors (Lipinski definition) is 2. The smallest absolute Gasteiger partial charge is 0.0237 e. The van der Waals surface area contributed by atoms with Crippen LogP contribution in [-0.2, 0) is 19.5 Å². The van der Waals surface area contributed by atoms with Crippen LogP contribution in [0.1, 0.15) is 22.3 Å². The van der Waals surface area contributed by atoms with Crippen LogP contribution in [0.2, 0.25) is 0 Å². The third-order valence-electron chi connectivity index (χ3n) is 4.23. The van der Waals surface area contributed by atoms with Crippen molar-refractivity contribution in [3.05, 3.63) is 70.8 Å². The Kier molecular flexibility index (Phi) is 4.69. The second kappa shape index (κ2) is 6.88. The molecule has 0 amide bonds. The summed E-state index contributed by atoms with van der Waals surface area (Å²) < 4.78 is 0. The van der Waals surface area contributed by atoms with Crippen molar-refractivity contribution in [2.75, 3.05) is 19.6 Å². The summed E-state index contributed by atoms with van der Waals surface area (Å²) >= 11 is 0. The maximum atomic E-state index is 3.56. The summed E-state index contributed by atoms with van der Waals surface area (Å²) in [6, 6.07) is 17.6. The molecule has 3 rings (SSSR count). The average Bonchev–Trinajstić information content (AvgIpc) is 2.51. The fourth-order valence-corrected chi connectivity index (χ4v) is 3.04. The molecule has 1 heterocycles. The second-order valence-corrected chi connectivity index (χ2v) is 5.96. The average molecular weight is 280 g/mol. The zero-order valence-electron chi connectivity index (χ0n) is 12.8. The Morgan fingerprint density at radius 2 is 1.90 bits per heavy atom. The molecule has 0 spiro atoms. The Bertz CT molecular complexity index is 592. The van der Waals surface area contributed by atoms with E-state index < -0.39 is 0 Å².